The molecule has 3 nitrogen and oxygen atoms in total. The molecule has 0 radical (unpaired) electrons. The second-order valence-corrected chi connectivity index (χ2v) is 5.53. The Hall–Kier alpha value is -0.740. The van der Waals surface area contributed by atoms with Crippen molar-refractivity contribution in [3.63, 3.8) is 0 Å². The van der Waals surface area contributed by atoms with Gasteiger partial charge >= 0.3 is 0 Å². The van der Waals surface area contributed by atoms with Gasteiger partial charge in [-0.15, -0.1) is 0 Å². The summed E-state index contributed by atoms with van der Waals surface area (Å²) in [5.74, 6) is 2.52. The third-order valence-electron chi connectivity index (χ3n) is 3.01. The largest absolute Gasteiger partial charge is 0.357 e. The summed E-state index contributed by atoms with van der Waals surface area (Å²) in [6.07, 6.45) is 3.81. The molecule has 1 atom stereocenters. The van der Waals surface area contributed by atoms with Gasteiger partial charge in [-0.05, 0) is 13.0 Å². The summed E-state index contributed by atoms with van der Waals surface area (Å²) in [6.45, 7) is 3.79. The lowest BCUT2D eigenvalue weighted by Gasteiger charge is -2.32. The average Bonchev–Trinajstić information content (AvgIpc) is 2.68. The van der Waals surface area contributed by atoms with Crippen LogP contribution in [0.5, 0.6) is 0 Å². The molecular formula is C12H18N2OS. The smallest absolute Gasteiger partial charge is 0.178 e. The first-order valence-corrected chi connectivity index (χ1v) is 6.79. The average molecular weight is 238 g/mol. The predicted molar refractivity (Wildman–Crippen MR) is 68.1 cm³/mol. The van der Waals surface area contributed by atoms with E-state index in [1.54, 1.807) is 0 Å². The molecule has 1 aromatic rings. The minimum Gasteiger partial charge on any atom is -0.357 e. The third kappa shape index (κ3) is 2.68. The Morgan fingerprint density at radius 3 is 3.06 bits per heavy atom. The summed E-state index contributed by atoms with van der Waals surface area (Å²) in [6, 6.07) is 2.41. The molecule has 0 aliphatic carbocycles. The van der Waals surface area contributed by atoms with Crippen molar-refractivity contribution in [2.45, 2.75) is 13.0 Å². The normalized spacial score (nSPS) is 22.2. The molecule has 0 N–H and O–H groups in total. The van der Waals surface area contributed by atoms with E-state index >= 15 is 0 Å². The molecule has 1 aliphatic heterocycles. The van der Waals surface area contributed by atoms with Gasteiger partial charge in [0.15, 0.2) is 5.78 Å². The highest BCUT2D eigenvalue weighted by molar-refractivity contribution is 7.99. The SMILES string of the molecule is CC1CSCCN1CC(=O)c1ccn(C)c1. The highest BCUT2D eigenvalue weighted by atomic mass is 32.2. The number of hydrogen-bond donors (Lipinski definition) is 0. The van der Waals surface area contributed by atoms with Crippen LogP contribution in [-0.2, 0) is 7.05 Å². The minimum absolute atomic E-state index is 0.236. The van der Waals surface area contributed by atoms with Crippen LogP contribution in [0.15, 0.2) is 18.5 Å². The first kappa shape index (κ1) is 11.7. The second-order valence-electron chi connectivity index (χ2n) is 4.38. The number of nitrogens with zero attached hydrogens (tertiary/aromatic N) is 2. The van der Waals surface area contributed by atoms with E-state index in [-0.39, 0.29) is 5.78 Å². The summed E-state index contributed by atoms with van der Waals surface area (Å²) in [5, 5.41) is 0. The quantitative estimate of drug-likeness (QED) is 0.749. The van der Waals surface area contributed by atoms with Gasteiger partial charge in [-0.2, -0.15) is 11.8 Å². The van der Waals surface area contributed by atoms with Crippen molar-refractivity contribution in [2.24, 2.45) is 7.05 Å². The van der Waals surface area contributed by atoms with Crippen LogP contribution in [0.4, 0.5) is 0 Å². The maximum atomic E-state index is 12.0. The molecule has 0 bridgehead atoms. The lowest BCUT2D eigenvalue weighted by Crippen LogP contribution is -2.43. The van der Waals surface area contributed by atoms with Gasteiger partial charge in [0, 0.05) is 49.1 Å². The van der Waals surface area contributed by atoms with E-state index in [1.807, 2.05) is 41.8 Å². The van der Waals surface area contributed by atoms with Gasteiger partial charge in [-0.1, -0.05) is 0 Å². The molecule has 1 aliphatic rings. The Bertz CT molecular complexity index is 375. The van der Waals surface area contributed by atoms with E-state index in [0.29, 0.717) is 12.6 Å². The maximum Gasteiger partial charge on any atom is 0.178 e. The standard InChI is InChI=1S/C12H18N2OS/c1-10-9-16-6-5-14(10)8-12(15)11-3-4-13(2)7-11/h3-4,7,10H,5-6,8-9H2,1-2H3. The number of hydrogen-bond acceptors (Lipinski definition) is 3. The summed E-state index contributed by atoms with van der Waals surface area (Å²) in [5.41, 5.74) is 0.827. The van der Waals surface area contributed by atoms with Gasteiger partial charge in [0.1, 0.15) is 0 Å². The van der Waals surface area contributed by atoms with Gasteiger partial charge in [0.2, 0.25) is 0 Å². The fourth-order valence-corrected chi connectivity index (χ4v) is 3.02. The van der Waals surface area contributed by atoms with Crippen molar-refractivity contribution in [1.82, 2.24) is 9.47 Å². The Labute approximate surface area is 101 Å². The van der Waals surface area contributed by atoms with Crippen LogP contribution in [0.1, 0.15) is 17.3 Å². The van der Waals surface area contributed by atoms with Crippen LogP contribution in [-0.4, -0.2) is 45.9 Å². The lowest BCUT2D eigenvalue weighted by molar-refractivity contribution is 0.0911. The topological polar surface area (TPSA) is 25.2 Å². The number of aryl methyl sites for hydroxylation is 1. The summed E-state index contributed by atoms with van der Waals surface area (Å²) >= 11 is 1.98. The van der Waals surface area contributed by atoms with Gasteiger partial charge < -0.3 is 4.57 Å². The number of thioether (sulfide) groups is 1. The molecule has 1 fully saturated rings. The van der Waals surface area contributed by atoms with Gasteiger partial charge in [0.05, 0.1) is 6.54 Å². The van der Waals surface area contributed by atoms with Crippen LogP contribution in [0.25, 0.3) is 0 Å². The van der Waals surface area contributed by atoms with Gasteiger partial charge in [-0.3, -0.25) is 9.69 Å². The zero-order chi connectivity index (χ0) is 11.5. The van der Waals surface area contributed by atoms with Crippen LogP contribution < -0.4 is 0 Å². The van der Waals surface area contributed by atoms with E-state index in [1.165, 1.54) is 0 Å². The zero-order valence-electron chi connectivity index (χ0n) is 9.85. The number of ketones is 1. The molecule has 4 heteroatoms. The van der Waals surface area contributed by atoms with Gasteiger partial charge in [-0.25, -0.2) is 0 Å². The second kappa shape index (κ2) is 5.06. The molecule has 1 saturated heterocycles. The monoisotopic (exact) mass is 238 g/mol. The van der Waals surface area contributed by atoms with Crippen LogP contribution in [0.2, 0.25) is 0 Å². The summed E-state index contributed by atoms with van der Waals surface area (Å²) in [7, 11) is 1.94. The van der Waals surface area contributed by atoms with E-state index < -0.39 is 0 Å². The Morgan fingerprint density at radius 2 is 2.44 bits per heavy atom. The van der Waals surface area contributed by atoms with Gasteiger partial charge in [0.25, 0.3) is 0 Å². The summed E-state index contributed by atoms with van der Waals surface area (Å²) in [4.78, 5) is 14.3. The van der Waals surface area contributed by atoms with E-state index in [9.17, 15) is 4.79 Å². The lowest BCUT2D eigenvalue weighted by atomic mass is 10.2. The third-order valence-corrected chi connectivity index (χ3v) is 4.20. The number of carbonyl (C=O) groups excluding carboxylic acids is 1. The Balaban J connectivity index is 1.96. The molecule has 16 heavy (non-hydrogen) atoms. The fourth-order valence-electron chi connectivity index (χ4n) is 1.94. The van der Waals surface area contributed by atoms with Crippen molar-refractivity contribution >= 4 is 17.5 Å². The van der Waals surface area contributed by atoms with E-state index in [4.69, 9.17) is 0 Å². The highest BCUT2D eigenvalue weighted by Crippen LogP contribution is 2.16. The summed E-state index contributed by atoms with van der Waals surface area (Å²) < 4.78 is 1.92. The molecular weight excluding hydrogens is 220 g/mol. The fraction of sp³-hybridized carbons (Fsp3) is 0.583. The first-order chi connectivity index (χ1) is 7.66. The molecule has 2 heterocycles. The first-order valence-electron chi connectivity index (χ1n) is 5.64. The van der Waals surface area contributed by atoms with Crippen molar-refractivity contribution in [2.75, 3.05) is 24.6 Å². The van der Waals surface area contributed by atoms with E-state index in [0.717, 1.165) is 23.6 Å². The van der Waals surface area contributed by atoms with Crippen molar-refractivity contribution < 1.29 is 4.79 Å². The molecule has 0 saturated carbocycles. The Morgan fingerprint density at radius 1 is 1.62 bits per heavy atom. The number of aromatic nitrogens is 1. The predicted octanol–water partition coefficient (Wildman–Crippen LogP) is 1.65. The van der Waals surface area contributed by atoms with Crippen molar-refractivity contribution in [3.05, 3.63) is 24.0 Å². The number of rotatable bonds is 3. The van der Waals surface area contributed by atoms with Crippen molar-refractivity contribution in [1.29, 1.82) is 0 Å². The molecule has 0 aromatic carbocycles. The highest BCUT2D eigenvalue weighted by Gasteiger charge is 2.21. The van der Waals surface area contributed by atoms with E-state index in [2.05, 4.69) is 11.8 Å². The number of Topliss-reactive ketones (excluding diaryl/α,β-unsaturated/α-hetero) is 1. The number of carbonyl (C=O) groups is 1. The zero-order valence-corrected chi connectivity index (χ0v) is 10.7. The molecule has 1 unspecified atom stereocenters. The van der Waals surface area contributed by atoms with Crippen molar-refractivity contribution in [3.8, 4) is 0 Å². The Kier molecular flexibility index (Phi) is 3.71. The molecule has 0 amide bonds. The minimum atomic E-state index is 0.236. The molecule has 0 spiro atoms. The maximum absolute atomic E-state index is 12.0. The van der Waals surface area contributed by atoms with Crippen LogP contribution in [0.3, 0.4) is 0 Å². The molecule has 2 rings (SSSR count). The molecule has 1 aromatic heterocycles. The van der Waals surface area contributed by atoms with Crippen LogP contribution in [0, 0.1) is 0 Å². The molecule has 88 valence electrons. The van der Waals surface area contributed by atoms with Crippen LogP contribution >= 0.6 is 11.8 Å².